The number of carboxylic acid groups (broad SMARTS) is 1. The van der Waals surface area contributed by atoms with E-state index in [9.17, 15) is 9.18 Å². The van der Waals surface area contributed by atoms with Gasteiger partial charge >= 0.3 is 5.97 Å². The lowest BCUT2D eigenvalue weighted by atomic mass is 10.1. The minimum absolute atomic E-state index is 0.0408. The lowest BCUT2D eigenvalue weighted by molar-refractivity contribution is 0.0697. The third kappa shape index (κ3) is 5.09. The van der Waals surface area contributed by atoms with Crippen LogP contribution in [0.25, 0.3) is 0 Å². The summed E-state index contributed by atoms with van der Waals surface area (Å²) in [5, 5.41) is 12.6. The van der Waals surface area contributed by atoms with Crippen LogP contribution in [0, 0.1) is 5.82 Å². The van der Waals surface area contributed by atoms with Gasteiger partial charge in [0.25, 0.3) is 0 Å². The van der Waals surface area contributed by atoms with Gasteiger partial charge in [-0.05, 0) is 35.9 Å². The predicted molar refractivity (Wildman–Crippen MR) is 106 cm³/mol. The maximum atomic E-state index is 13.9. The third-order valence-corrected chi connectivity index (χ3v) is 4.61. The fraction of sp³-hybridized carbons (Fsp3) is 0.136. The van der Waals surface area contributed by atoms with Gasteiger partial charge in [-0.15, -0.1) is 0 Å². The minimum Gasteiger partial charge on any atom is -0.488 e. The van der Waals surface area contributed by atoms with Gasteiger partial charge in [0.1, 0.15) is 18.2 Å². The first-order chi connectivity index (χ1) is 13.5. The van der Waals surface area contributed by atoms with Crippen molar-refractivity contribution in [2.45, 2.75) is 19.7 Å². The largest absolute Gasteiger partial charge is 0.488 e. The SMILES string of the molecule is O=C(O)c1ccc(CNCc2ccccc2OCc2c(F)cccc2Cl)cc1. The smallest absolute Gasteiger partial charge is 0.335 e. The predicted octanol–water partition coefficient (Wildman–Crippen LogP) is 5.05. The lowest BCUT2D eigenvalue weighted by Gasteiger charge is -2.13. The summed E-state index contributed by atoms with van der Waals surface area (Å²) in [5.41, 5.74) is 2.48. The van der Waals surface area contributed by atoms with E-state index in [1.807, 2.05) is 24.3 Å². The van der Waals surface area contributed by atoms with Crippen LogP contribution < -0.4 is 10.1 Å². The molecule has 0 spiro atoms. The summed E-state index contributed by atoms with van der Waals surface area (Å²) in [7, 11) is 0. The summed E-state index contributed by atoms with van der Waals surface area (Å²) in [6.45, 7) is 1.16. The van der Waals surface area contributed by atoms with Gasteiger partial charge in [-0.2, -0.15) is 0 Å². The van der Waals surface area contributed by atoms with Gasteiger partial charge in [0.2, 0.25) is 0 Å². The number of halogens is 2. The zero-order chi connectivity index (χ0) is 19.9. The van der Waals surface area contributed by atoms with Crippen molar-refractivity contribution in [3.63, 3.8) is 0 Å². The maximum Gasteiger partial charge on any atom is 0.335 e. The minimum atomic E-state index is -0.944. The van der Waals surface area contributed by atoms with E-state index < -0.39 is 11.8 Å². The van der Waals surface area contributed by atoms with Gasteiger partial charge in [-0.3, -0.25) is 0 Å². The van der Waals surface area contributed by atoms with Crippen LogP contribution in [-0.2, 0) is 19.7 Å². The number of hydrogen-bond acceptors (Lipinski definition) is 3. The number of nitrogens with one attached hydrogen (secondary N) is 1. The molecule has 0 unspecified atom stereocenters. The van der Waals surface area contributed by atoms with E-state index in [4.69, 9.17) is 21.4 Å². The van der Waals surface area contributed by atoms with Gasteiger partial charge in [0, 0.05) is 24.2 Å². The van der Waals surface area contributed by atoms with Crippen molar-refractivity contribution < 1.29 is 19.0 Å². The van der Waals surface area contributed by atoms with E-state index in [0.29, 0.717) is 29.4 Å². The zero-order valence-corrected chi connectivity index (χ0v) is 15.7. The molecule has 0 aliphatic carbocycles. The van der Waals surface area contributed by atoms with Crippen molar-refractivity contribution in [1.82, 2.24) is 5.32 Å². The van der Waals surface area contributed by atoms with Crippen molar-refractivity contribution in [3.05, 3.63) is 99.8 Å². The van der Waals surface area contributed by atoms with Gasteiger partial charge in [0.05, 0.1) is 10.6 Å². The average Bonchev–Trinajstić information content (AvgIpc) is 2.69. The first-order valence-corrected chi connectivity index (χ1v) is 9.09. The van der Waals surface area contributed by atoms with E-state index in [0.717, 1.165) is 11.1 Å². The van der Waals surface area contributed by atoms with Crippen molar-refractivity contribution in [2.75, 3.05) is 0 Å². The number of hydrogen-bond donors (Lipinski definition) is 2. The zero-order valence-electron chi connectivity index (χ0n) is 15.0. The number of aromatic carboxylic acids is 1. The number of benzene rings is 3. The van der Waals surface area contributed by atoms with E-state index >= 15 is 0 Å². The van der Waals surface area contributed by atoms with E-state index in [-0.39, 0.29) is 12.2 Å². The Morgan fingerprint density at radius 1 is 1.00 bits per heavy atom. The highest BCUT2D eigenvalue weighted by molar-refractivity contribution is 6.31. The molecule has 2 N–H and O–H groups in total. The molecule has 0 heterocycles. The molecule has 0 saturated heterocycles. The highest BCUT2D eigenvalue weighted by atomic mass is 35.5. The van der Waals surface area contributed by atoms with Crippen LogP contribution in [0.15, 0.2) is 66.7 Å². The van der Waals surface area contributed by atoms with Crippen LogP contribution in [0.1, 0.15) is 27.0 Å². The summed E-state index contributed by atoms with van der Waals surface area (Å²) in [4.78, 5) is 10.9. The Hall–Kier alpha value is -2.89. The molecule has 0 radical (unpaired) electrons. The summed E-state index contributed by atoms with van der Waals surface area (Å²) >= 11 is 6.05. The third-order valence-electron chi connectivity index (χ3n) is 4.25. The Morgan fingerprint density at radius 3 is 2.46 bits per heavy atom. The number of para-hydroxylation sites is 1. The first-order valence-electron chi connectivity index (χ1n) is 8.71. The Morgan fingerprint density at radius 2 is 1.75 bits per heavy atom. The van der Waals surface area contributed by atoms with Crippen LogP contribution >= 0.6 is 11.6 Å². The van der Waals surface area contributed by atoms with Crippen LogP contribution in [0.5, 0.6) is 5.75 Å². The first kappa shape index (κ1) is 19.9. The second kappa shape index (κ2) is 9.35. The fourth-order valence-electron chi connectivity index (χ4n) is 2.72. The van der Waals surface area contributed by atoms with E-state index in [1.54, 1.807) is 36.4 Å². The number of carboxylic acids is 1. The molecule has 3 aromatic rings. The molecule has 144 valence electrons. The van der Waals surface area contributed by atoms with Crippen LogP contribution in [-0.4, -0.2) is 11.1 Å². The summed E-state index contributed by atoms with van der Waals surface area (Å²) in [6.07, 6.45) is 0. The molecule has 6 heteroatoms. The van der Waals surface area contributed by atoms with Crippen molar-refractivity contribution in [1.29, 1.82) is 0 Å². The van der Waals surface area contributed by atoms with Crippen LogP contribution in [0.4, 0.5) is 4.39 Å². The molecule has 0 amide bonds. The molecular formula is C22H19ClFNO3. The molecule has 28 heavy (non-hydrogen) atoms. The monoisotopic (exact) mass is 399 g/mol. The van der Waals surface area contributed by atoms with Crippen LogP contribution in [0.3, 0.4) is 0 Å². The Kier molecular flexibility index (Phi) is 6.63. The van der Waals surface area contributed by atoms with Gasteiger partial charge in [-0.25, -0.2) is 9.18 Å². The Balaban J connectivity index is 1.60. The second-order valence-electron chi connectivity index (χ2n) is 6.20. The second-order valence-corrected chi connectivity index (χ2v) is 6.61. The van der Waals surface area contributed by atoms with Gasteiger partial charge in [0.15, 0.2) is 0 Å². The maximum absolute atomic E-state index is 13.9. The highest BCUT2D eigenvalue weighted by Crippen LogP contribution is 2.23. The molecular weight excluding hydrogens is 381 g/mol. The normalized spacial score (nSPS) is 10.6. The number of ether oxygens (including phenoxy) is 1. The molecule has 0 aromatic heterocycles. The van der Waals surface area contributed by atoms with Gasteiger partial charge < -0.3 is 15.2 Å². The van der Waals surface area contributed by atoms with Crippen molar-refractivity contribution >= 4 is 17.6 Å². The average molecular weight is 400 g/mol. The molecule has 0 atom stereocenters. The van der Waals surface area contributed by atoms with E-state index in [2.05, 4.69) is 5.32 Å². The molecule has 3 aromatic carbocycles. The Bertz CT molecular complexity index is 940. The summed E-state index contributed by atoms with van der Waals surface area (Å²) in [5.74, 6) is -0.691. The quantitative estimate of drug-likeness (QED) is 0.556. The molecule has 4 nitrogen and oxygen atoms in total. The highest BCUT2D eigenvalue weighted by Gasteiger charge is 2.09. The molecule has 0 aliphatic heterocycles. The molecule has 0 saturated carbocycles. The number of carbonyl (C=O) groups is 1. The standard InChI is InChI=1S/C22H19ClFNO3/c23-19-5-3-6-20(24)18(19)14-28-21-7-2-1-4-17(21)13-25-12-15-8-10-16(11-9-15)22(26)27/h1-11,25H,12-14H2,(H,26,27). The Labute approximate surface area is 167 Å². The van der Waals surface area contributed by atoms with Crippen LogP contribution in [0.2, 0.25) is 5.02 Å². The number of rotatable bonds is 8. The summed E-state index contributed by atoms with van der Waals surface area (Å²) in [6, 6.07) is 18.8. The molecule has 0 aliphatic rings. The topological polar surface area (TPSA) is 58.6 Å². The van der Waals surface area contributed by atoms with Crippen molar-refractivity contribution in [3.8, 4) is 5.75 Å². The van der Waals surface area contributed by atoms with E-state index in [1.165, 1.54) is 6.07 Å². The van der Waals surface area contributed by atoms with Gasteiger partial charge in [-0.1, -0.05) is 48.0 Å². The lowest BCUT2D eigenvalue weighted by Crippen LogP contribution is -2.14. The molecule has 0 bridgehead atoms. The fourth-order valence-corrected chi connectivity index (χ4v) is 2.94. The molecule has 3 rings (SSSR count). The summed E-state index contributed by atoms with van der Waals surface area (Å²) < 4.78 is 19.7. The molecule has 0 fully saturated rings. The van der Waals surface area contributed by atoms with Crippen molar-refractivity contribution in [2.24, 2.45) is 0 Å².